The van der Waals surface area contributed by atoms with Gasteiger partial charge in [-0.3, -0.25) is 4.99 Å². The van der Waals surface area contributed by atoms with Crippen molar-refractivity contribution in [3.63, 3.8) is 0 Å². The summed E-state index contributed by atoms with van der Waals surface area (Å²) in [4.78, 5) is 4.16. The molecule has 0 rings (SSSR count). The third kappa shape index (κ3) is 3.13. The van der Waals surface area contributed by atoms with Crippen LogP contribution in [0.15, 0.2) is 40.6 Å². The van der Waals surface area contributed by atoms with Crippen molar-refractivity contribution < 1.29 is 0 Å². The monoisotopic (exact) mass is 173 g/mol. The molecule has 0 amide bonds. The highest BCUT2D eigenvalue weighted by molar-refractivity contribution is 5.58. The second kappa shape index (κ2) is 6.02. The molecule has 0 aromatic heterocycles. The van der Waals surface area contributed by atoms with Crippen LogP contribution in [0, 0.1) is 12.3 Å². The quantitative estimate of drug-likeness (QED) is 0.353. The number of allylic oxidation sites excluding steroid dienone is 5. The van der Waals surface area contributed by atoms with Crippen molar-refractivity contribution in [1.29, 1.82) is 0 Å². The molecule has 0 aliphatic rings. The molecule has 0 atom stereocenters. The molecule has 1 nitrogen and oxygen atoms in total. The van der Waals surface area contributed by atoms with E-state index in [9.17, 15) is 0 Å². The Bertz CT molecular complexity index is 309. The van der Waals surface area contributed by atoms with Crippen LogP contribution in [0.3, 0.4) is 0 Å². The Morgan fingerprint density at radius 1 is 1.46 bits per heavy atom. The normalized spacial score (nSPS) is 13.8. The Kier molecular flexibility index (Phi) is 5.30. The van der Waals surface area contributed by atoms with Gasteiger partial charge in [0.25, 0.3) is 0 Å². The van der Waals surface area contributed by atoms with Gasteiger partial charge in [0.1, 0.15) is 0 Å². The third-order valence-electron chi connectivity index (χ3n) is 1.65. The first kappa shape index (κ1) is 11.4. The Labute approximate surface area is 80.6 Å². The molecule has 0 saturated carbocycles. The van der Waals surface area contributed by atoms with Crippen molar-refractivity contribution in [3.05, 3.63) is 35.6 Å². The number of nitrogens with zero attached hydrogens (tertiary/aromatic N) is 1. The van der Waals surface area contributed by atoms with Crippen molar-refractivity contribution in [2.75, 3.05) is 0 Å². The highest BCUT2D eigenvalue weighted by Gasteiger charge is 2.00. The van der Waals surface area contributed by atoms with Crippen LogP contribution in [0.2, 0.25) is 0 Å². The van der Waals surface area contributed by atoms with Gasteiger partial charge < -0.3 is 0 Å². The highest BCUT2D eigenvalue weighted by Crippen LogP contribution is 2.15. The van der Waals surface area contributed by atoms with Crippen LogP contribution in [0.25, 0.3) is 0 Å². The molecule has 0 bridgehead atoms. The molecule has 0 aromatic carbocycles. The van der Waals surface area contributed by atoms with Crippen LogP contribution in [0.4, 0.5) is 0 Å². The lowest BCUT2D eigenvalue weighted by atomic mass is 10.1. The zero-order valence-corrected chi connectivity index (χ0v) is 8.46. The van der Waals surface area contributed by atoms with Gasteiger partial charge >= 0.3 is 0 Å². The van der Waals surface area contributed by atoms with E-state index in [0.717, 1.165) is 16.8 Å². The van der Waals surface area contributed by atoms with Crippen LogP contribution in [0.5, 0.6) is 0 Å². The summed E-state index contributed by atoms with van der Waals surface area (Å²) < 4.78 is 0. The molecule has 0 spiro atoms. The van der Waals surface area contributed by atoms with Crippen molar-refractivity contribution in [1.82, 2.24) is 0 Å². The standard InChI is InChI=1S/C12H15N/c1-6-11(7-2)12(8-3)10(5)13-9-4/h1,7-9H,3H2,2,4-5H3/b11-7-,12-10+,13-9-. The van der Waals surface area contributed by atoms with Crippen LogP contribution in [-0.2, 0) is 0 Å². The lowest BCUT2D eigenvalue weighted by Gasteiger charge is -2.02. The van der Waals surface area contributed by atoms with E-state index >= 15 is 0 Å². The molecule has 68 valence electrons. The van der Waals surface area contributed by atoms with Crippen molar-refractivity contribution >= 4 is 6.21 Å². The number of terminal acetylenes is 1. The SMILES string of the molecule is C#CC(=C/C)/C(C=C)=C(C)/N=C\C. The van der Waals surface area contributed by atoms with Gasteiger partial charge in [-0.1, -0.05) is 24.7 Å². The molecular formula is C12H15N. The first-order valence-electron chi connectivity index (χ1n) is 4.16. The van der Waals surface area contributed by atoms with Gasteiger partial charge in [-0.15, -0.1) is 6.42 Å². The molecular weight excluding hydrogens is 158 g/mol. The summed E-state index contributed by atoms with van der Waals surface area (Å²) >= 11 is 0. The zero-order chi connectivity index (χ0) is 10.3. The van der Waals surface area contributed by atoms with Crippen molar-refractivity contribution in [3.8, 4) is 12.3 Å². The molecule has 0 N–H and O–H groups in total. The molecule has 0 fully saturated rings. The Hall–Kier alpha value is -1.55. The van der Waals surface area contributed by atoms with E-state index in [1.807, 2.05) is 26.8 Å². The average molecular weight is 173 g/mol. The zero-order valence-electron chi connectivity index (χ0n) is 8.46. The summed E-state index contributed by atoms with van der Waals surface area (Å²) in [6.07, 6.45) is 10.7. The Morgan fingerprint density at radius 3 is 2.38 bits per heavy atom. The van der Waals surface area contributed by atoms with Crippen LogP contribution < -0.4 is 0 Å². The third-order valence-corrected chi connectivity index (χ3v) is 1.65. The van der Waals surface area contributed by atoms with E-state index in [4.69, 9.17) is 6.42 Å². The average Bonchev–Trinajstić information content (AvgIpc) is 2.14. The molecule has 0 saturated heterocycles. The molecule has 0 heterocycles. The Morgan fingerprint density at radius 2 is 2.08 bits per heavy atom. The fourth-order valence-electron chi connectivity index (χ4n) is 1.03. The van der Waals surface area contributed by atoms with Gasteiger partial charge in [0.2, 0.25) is 0 Å². The summed E-state index contributed by atoms with van der Waals surface area (Å²) in [6.45, 7) is 9.40. The minimum absolute atomic E-state index is 0.832. The van der Waals surface area contributed by atoms with Gasteiger partial charge in [0.15, 0.2) is 0 Å². The van der Waals surface area contributed by atoms with Crippen molar-refractivity contribution in [2.24, 2.45) is 4.99 Å². The highest BCUT2D eigenvalue weighted by atomic mass is 14.7. The molecule has 0 unspecified atom stereocenters. The number of hydrogen-bond donors (Lipinski definition) is 0. The summed E-state index contributed by atoms with van der Waals surface area (Å²) in [7, 11) is 0. The number of rotatable bonds is 3. The number of hydrogen-bond acceptors (Lipinski definition) is 1. The maximum absolute atomic E-state index is 5.34. The minimum Gasteiger partial charge on any atom is -0.266 e. The smallest absolute Gasteiger partial charge is 0.0453 e. The topological polar surface area (TPSA) is 12.4 Å². The van der Waals surface area contributed by atoms with Gasteiger partial charge in [-0.25, -0.2) is 0 Å². The lowest BCUT2D eigenvalue weighted by Crippen LogP contribution is -1.87. The van der Waals surface area contributed by atoms with E-state index in [1.165, 1.54) is 0 Å². The predicted octanol–water partition coefficient (Wildman–Crippen LogP) is 3.12. The van der Waals surface area contributed by atoms with Crippen LogP contribution in [-0.4, -0.2) is 6.21 Å². The summed E-state index contributed by atoms with van der Waals surface area (Å²) in [5, 5.41) is 0. The second-order valence-corrected chi connectivity index (χ2v) is 2.44. The van der Waals surface area contributed by atoms with E-state index in [1.54, 1.807) is 12.3 Å². The minimum atomic E-state index is 0.832. The van der Waals surface area contributed by atoms with Gasteiger partial charge in [0, 0.05) is 23.1 Å². The summed E-state index contributed by atoms with van der Waals surface area (Å²) in [6, 6.07) is 0. The van der Waals surface area contributed by atoms with E-state index in [0.29, 0.717) is 0 Å². The Balaban J connectivity index is 5.24. The van der Waals surface area contributed by atoms with E-state index in [-0.39, 0.29) is 0 Å². The fourth-order valence-corrected chi connectivity index (χ4v) is 1.03. The molecule has 13 heavy (non-hydrogen) atoms. The van der Waals surface area contributed by atoms with Crippen LogP contribution >= 0.6 is 0 Å². The fraction of sp³-hybridized carbons (Fsp3) is 0.250. The largest absolute Gasteiger partial charge is 0.266 e. The molecule has 0 aliphatic carbocycles. The van der Waals surface area contributed by atoms with E-state index in [2.05, 4.69) is 17.5 Å². The first-order valence-corrected chi connectivity index (χ1v) is 4.16. The summed E-state index contributed by atoms with van der Waals surface area (Å²) in [5.74, 6) is 2.60. The lowest BCUT2D eigenvalue weighted by molar-refractivity contribution is 1.26. The predicted molar refractivity (Wildman–Crippen MR) is 59.7 cm³/mol. The molecule has 0 aliphatic heterocycles. The van der Waals surface area contributed by atoms with Gasteiger partial charge in [0.05, 0.1) is 0 Å². The first-order chi connectivity index (χ1) is 6.21. The van der Waals surface area contributed by atoms with Crippen LogP contribution in [0.1, 0.15) is 20.8 Å². The van der Waals surface area contributed by atoms with E-state index < -0.39 is 0 Å². The van der Waals surface area contributed by atoms with Gasteiger partial charge in [-0.05, 0) is 20.8 Å². The maximum Gasteiger partial charge on any atom is 0.0453 e. The maximum atomic E-state index is 5.34. The number of aliphatic imine (C=N–C) groups is 1. The van der Waals surface area contributed by atoms with Gasteiger partial charge in [-0.2, -0.15) is 0 Å². The van der Waals surface area contributed by atoms with Crippen molar-refractivity contribution in [2.45, 2.75) is 20.8 Å². The molecule has 0 aromatic rings. The molecule has 1 heteroatoms. The summed E-state index contributed by atoms with van der Waals surface area (Å²) in [5.41, 5.74) is 2.64. The second-order valence-electron chi connectivity index (χ2n) is 2.44. The molecule has 0 radical (unpaired) electrons.